The fourth-order valence-corrected chi connectivity index (χ4v) is 3.90. The third-order valence-corrected chi connectivity index (χ3v) is 5.76. The van der Waals surface area contributed by atoms with Gasteiger partial charge in [-0.3, -0.25) is 4.79 Å². The van der Waals surface area contributed by atoms with Crippen LogP contribution in [0.25, 0.3) is 0 Å². The van der Waals surface area contributed by atoms with Crippen molar-refractivity contribution in [2.75, 3.05) is 38.2 Å². The lowest BCUT2D eigenvalue weighted by Crippen LogP contribution is -2.48. The van der Waals surface area contributed by atoms with Crippen LogP contribution in [-0.4, -0.2) is 44.1 Å². The molecule has 3 aromatic rings. The Morgan fingerprint density at radius 2 is 1.66 bits per heavy atom. The quantitative estimate of drug-likeness (QED) is 0.565. The van der Waals surface area contributed by atoms with E-state index >= 15 is 0 Å². The first kappa shape index (κ1) is 21.7. The molecular formula is C26H27FN2O3. The molecule has 0 radical (unpaired) electrons. The highest BCUT2D eigenvalue weighted by atomic mass is 19.1. The third kappa shape index (κ3) is 4.85. The molecule has 0 N–H and O–H groups in total. The van der Waals surface area contributed by atoms with Crippen LogP contribution >= 0.6 is 0 Å². The first-order chi connectivity index (χ1) is 15.5. The lowest BCUT2D eigenvalue weighted by Gasteiger charge is -2.36. The predicted octanol–water partition coefficient (Wildman–Crippen LogP) is 4.68. The summed E-state index contributed by atoms with van der Waals surface area (Å²) in [6.07, 6.45) is 0. The highest BCUT2D eigenvalue weighted by Gasteiger charge is 2.23. The molecule has 1 aliphatic rings. The van der Waals surface area contributed by atoms with Crippen molar-refractivity contribution >= 4 is 11.6 Å². The molecule has 1 heterocycles. The summed E-state index contributed by atoms with van der Waals surface area (Å²) in [7, 11) is 1.61. The van der Waals surface area contributed by atoms with E-state index in [1.165, 1.54) is 12.1 Å². The standard InChI is InChI=1S/C26H27FN2O3/c1-19-5-3-4-6-24(19)32-18-21-17-20(7-12-25(21)31-2)26(30)29-15-13-28(14-16-29)23-10-8-22(27)9-11-23/h3-12,17H,13-16,18H2,1-2H3. The van der Waals surface area contributed by atoms with E-state index in [-0.39, 0.29) is 11.7 Å². The SMILES string of the molecule is COc1ccc(C(=O)N2CCN(c3ccc(F)cc3)CC2)cc1COc1ccccc1C. The van der Waals surface area contributed by atoms with Gasteiger partial charge in [0.05, 0.1) is 7.11 Å². The minimum Gasteiger partial charge on any atom is -0.496 e. The van der Waals surface area contributed by atoms with Gasteiger partial charge in [-0.05, 0) is 61.0 Å². The Bertz CT molecular complexity index is 1080. The van der Waals surface area contributed by atoms with Gasteiger partial charge in [-0.15, -0.1) is 0 Å². The zero-order chi connectivity index (χ0) is 22.5. The van der Waals surface area contributed by atoms with Gasteiger partial charge in [-0.2, -0.15) is 0 Å². The van der Waals surface area contributed by atoms with Crippen LogP contribution in [0.2, 0.25) is 0 Å². The Kier molecular flexibility index (Phi) is 6.59. The maximum Gasteiger partial charge on any atom is 0.253 e. The summed E-state index contributed by atoms with van der Waals surface area (Å²) in [4.78, 5) is 17.2. The molecule has 3 aromatic carbocycles. The van der Waals surface area contributed by atoms with Gasteiger partial charge >= 0.3 is 0 Å². The number of hydrogen-bond acceptors (Lipinski definition) is 4. The number of piperazine rings is 1. The zero-order valence-corrected chi connectivity index (χ0v) is 18.4. The number of amides is 1. The summed E-state index contributed by atoms with van der Waals surface area (Å²) >= 11 is 0. The van der Waals surface area contributed by atoms with E-state index in [0.717, 1.165) is 22.6 Å². The predicted molar refractivity (Wildman–Crippen MR) is 123 cm³/mol. The molecule has 0 atom stereocenters. The summed E-state index contributed by atoms with van der Waals surface area (Å²) in [6, 6.07) is 19.8. The topological polar surface area (TPSA) is 42.0 Å². The number of hydrogen-bond donors (Lipinski definition) is 0. The van der Waals surface area contributed by atoms with Crippen molar-refractivity contribution in [3.8, 4) is 11.5 Å². The lowest BCUT2D eigenvalue weighted by molar-refractivity contribution is 0.0746. The molecule has 5 nitrogen and oxygen atoms in total. The fourth-order valence-electron chi connectivity index (χ4n) is 3.90. The molecule has 1 saturated heterocycles. The van der Waals surface area contributed by atoms with Crippen LogP contribution in [0.4, 0.5) is 10.1 Å². The molecule has 1 fully saturated rings. The molecule has 32 heavy (non-hydrogen) atoms. The summed E-state index contributed by atoms with van der Waals surface area (Å²) in [5, 5.41) is 0. The van der Waals surface area contributed by atoms with Gasteiger partial charge in [0.25, 0.3) is 5.91 Å². The molecule has 0 spiro atoms. The number of ether oxygens (including phenoxy) is 2. The van der Waals surface area contributed by atoms with Crippen LogP contribution in [-0.2, 0) is 6.61 Å². The molecule has 166 valence electrons. The van der Waals surface area contributed by atoms with Crippen molar-refractivity contribution in [1.82, 2.24) is 4.90 Å². The largest absolute Gasteiger partial charge is 0.496 e. The molecule has 1 amide bonds. The number of nitrogens with zero attached hydrogens (tertiary/aromatic N) is 2. The Balaban J connectivity index is 1.43. The summed E-state index contributed by atoms with van der Waals surface area (Å²) in [5.74, 6) is 1.24. The fraction of sp³-hybridized carbons (Fsp3) is 0.269. The van der Waals surface area contributed by atoms with Crippen LogP contribution in [0.15, 0.2) is 66.7 Å². The van der Waals surface area contributed by atoms with E-state index in [4.69, 9.17) is 9.47 Å². The van der Waals surface area contributed by atoms with Gasteiger partial charge in [0, 0.05) is 43.0 Å². The smallest absolute Gasteiger partial charge is 0.253 e. The average molecular weight is 435 g/mol. The lowest BCUT2D eigenvalue weighted by atomic mass is 10.1. The highest BCUT2D eigenvalue weighted by Crippen LogP contribution is 2.25. The van der Waals surface area contributed by atoms with Gasteiger partial charge in [0.15, 0.2) is 0 Å². The third-order valence-electron chi connectivity index (χ3n) is 5.76. The zero-order valence-electron chi connectivity index (χ0n) is 18.4. The van der Waals surface area contributed by atoms with Crippen molar-refractivity contribution in [3.05, 3.63) is 89.2 Å². The molecule has 1 aliphatic heterocycles. The Hall–Kier alpha value is -3.54. The molecule has 0 aliphatic carbocycles. The van der Waals surface area contributed by atoms with Crippen LogP contribution in [0.3, 0.4) is 0 Å². The number of carbonyl (C=O) groups excluding carboxylic acids is 1. The summed E-state index contributed by atoms with van der Waals surface area (Å²) < 4.78 is 24.6. The summed E-state index contributed by atoms with van der Waals surface area (Å²) in [6.45, 7) is 4.94. The number of anilines is 1. The molecule has 6 heteroatoms. The average Bonchev–Trinajstić information content (AvgIpc) is 2.83. The minimum absolute atomic E-state index is 0.0106. The second-order valence-corrected chi connectivity index (χ2v) is 7.84. The second kappa shape index (κ2) is 9.73. The number of carbonyl (C=O) groups is 1. The normalized spacial score (nSPS) is 13.7. The van der Waals surface area contributed by atoms with Gasteiger partial charge < -0.3 is 19.3 Å². The van der Waals surface area contributed by atoms with Crippen molar-refractivity contribution in [1.29, 1.82) is 0 Å². The highest BCUT2D eigenvalue weighted by molar-refractivity contribution is 5.94. The molecule has 0 aromatic heterocycles. The second-order valence-electron chi connectivity index (χ2n) is 7.84. The Morgan fingerprint density at radius 3 is 2.34 bits per heavy atom. The number of methoxy groups -OCH3 is 1. The van der Waals surface area contributed by atoms with Gasteiger partial charge in [0.1, 0.15) is 23.9 Å². The minimum atomic E-state index is -0.246. The van der Waals surface area contributed by atoms with Crippen LogP contribution in [0, 0.1) is 12.7 Å². The van der Waals surface area contributed by atoms with Crippen molar-refractivity contribution < 1.29 is 18.7 Å². The van der Waals surface area contributed by atoms with Crippen LogP contribution < -0.4 is 14.4 Å². The van der Waals surface area contributed by atoms with Gasteiger partial charge in [-0.25, -0.2) is 4.39 Å². The Morgan fingerprint density at radius 1 is 0.938 bits per heavy atom. The maximum atomic E-state index is 13.2. The van der Waals surface area contributed by atoms with Crippen LogP contribution in [0.5, 0.6) is 11.5 Å². The van der Waals surface area contributed by atoms with E-state index in [1.807, 2.05) is 48.2 Å². The number of benzene rings is 3. The van der Waals surface area contributed by atoms with Crippen LogP contribution in [0.1, 0.15) is 21.5 Å². The monoisotopic (exact) mass is 434 g/mol. The van der Waals surface area contributed by atoms with E-state index in [1.54, 1.807) is 25.3 Å². The molecule has 0 unspecified atom stereocenters. The summed E-state index contributed by atoms with van der Waals surface area (Å²) in [5.41, 5.74) is 3.47. The van der Waals surface area contributed by atoms with Crippen molar-refractivity contribution in [3.63, 3.8) is 0 Å². The molecule has 0 saturated carbocycles. The van der Waals surface area contributed by atoms with E-state index < -0.39 is 0 Å². The van der Waals surface area contributed by atoms with Gasteiger partial charge in [0.2, 0.25) is 0 Å². The van der Waals surface area contributed by atoms with Crippen molar-refractivity contribution in [2.24, 2.45) is 0 Å². The first-order valence-corrected chi connectivity index (χ1v) is 10.7. The number of halogens is 1. The Labute approximate surface area is 188 Å². The van der Waals surface area contributed by atoms with Gasteiger partial charge in [-0.1, -0.05) is 18.2 Å². The van der Waals surface area contributed by atoms with E-state index in [0.29, 0.717) is 44.1 Å². The number of rotatable bonds is 6. The van der Waals surface area contributed by atoms with E-state index in [9.17, 15) is 9.18 Å². The maximum absolute atomic E-state index is 13.2. The molecule has 4 rings (SSSR count). The van der Waals surface area contributed by atoms with Crippen molar-refractivity contribution in [2.45, 2.75) is 13.5 Å². The number of aryl methyl sites for hydroxylation is 1. The molecular weight excluding hydrogens is 407 g/mol. The number of para-hydroxylation sites is 1. The first-order valence-electron chi connectivity index (χ1n) is 10.7. The van der Waals surface area contributed by atoms with E-state index in [2.05, 4.69) is 4.90 Å². The molecule has 0 bridgehead atoms.